The summed E-state index contributed by atoms with van der Waals surface area (Å²) in [5, 5.41) is 0. The highest BCUT2D eigenvalue weighted by Crippen LogP contribution is 2.26. The molecule has 3 heteroatoms. The average Bonchev–Trinajstić information content (AvgIpc) is 2.61. The molecule has 0 aliphatic heterocycles. The van der Waals surface area contributed by atoms with Gasteiger partial charge in [-0.1, -0.05) is 84.8 Å². The van der Waals surface area contributed by atoms with Crippen molar-refractivity contribution in [3.63, 3.8) is 0 Å². The Labute approximate surface area is 167 Å². The highest BCUT2D eigenvalue weighted by molar-refractivity contribution is 5.73. The molecule has 1 aromatic carbocycles. The molecule has 1 unspecified atom stereocenters. The molecule has 0 radical (unpaired) electrons. The second-order valence-corrected chi connectivity index (χ2v) is 8.78. The molecule has 154 valence electrons. The van der Waals surface area contributed by atoms with Gasteiger partial charge in [-0.25, -0.2) is 0 Å². The van der Waals surface area contributed by atoms with Crippen molar-refractivity contribution in [1.82, 2.24) is 0 Å². The van der Waals surface area contributed by atoms with Crippen LogP contribution in [0.1, 0.15) is 104 Å². The summed E-state index contributed by atoms with van der Waals surface area (Å²) >= 11 is 0. The van der Waals surface area contributed by atoms with E-state index in [2.05, 4.69) is 39.8 Å². The standard InChI is InChI=1S/C24H41NO2/c1-5-6-7-8-9-10-11-12-13-21(18-19-23(25)26)27-22-16-14-20(15-17-22)24(2,3)4/h14-17,21H,5-13,18-19H2,1-4H3,(H2,25,26). The zero-order valence-corrected chi connectivity index (χ0v) is 18.1. The number of carbonyl (C=O) groups excluding carboxylic acids is 1. The van der Waals surface area contributed by atoms with E-state index in [0.717, 1.165) is 18.6 Å². The molecule has 0 aliphatic carbocycles. The topological polar surface area (TPSA) is 52.3 Å². The number of rotatable bonds is 14. The van der Waals surface area contributed by atoms with Crippen LogP contribution in [0.5, 0.6) is 5.75 Å². The van der Waals surface area contributed by atoms with Crippen LogP contribution in [0.4, 0.5) is 0 Å². The molecule has 1 atom stereocenters. The van der Waals surface area contributed by atoms with Crippen molar-refractivity contribution < 1.29 is 9.53 Å². The van der Waals surface area contributed by atoms with Crippen LogP contribution in [0, 0.1) is 0 Å². The van der Waals surface area contributed by atoms with Gasteiger partial charge in [-0.15, -0.1) is 0 Å². The van der Waals surface area contributed by atoms with Crippen LogP contribution in [0.15, 0.2) is 24.3 Å². The third kappa shape index (κ3) is 11.0. The number of hydrogen-bond acceptors (Lipinski definition) is 2. The first kappa shape index (κ1) is 23.5. The van der Waals surface area contributed by atoms with Crippen LogP contribution in [0.25, 0.3) is 0 Å². The van der Waals surface area contributed by atoms with Crippen LogP contribution in [-0.2, 0) is 10.2 Å². The average molecular weight is 376 g/mol. The fourth-order valence-electron chi connectivity index (χ4n) is 3.30. The van der Waals surface area contributed by atoms with Gasteiger partial charge in [-0.3, -0.25) is 4.79 Å². The molecular weight excluding hydrogens is 334 g/mol. The van der Waals surface area contributed by atoms with Crippen LogP contribution < -0.4 is 10.5 Å². The van der Waals surface area contributed by atoms with Crippen LogP contribution in [0.3, 0.4) is 0 Å². The van der Waals surface area contributed by atoms with Gasteiger partial charge < -0.3 is 10.5 Å². The number of ether oxygens (including phenoxy) is 1. The summed E-state index contributed by atoms with van der Waals surface area (Å²) in [6.07, 6.45) is 12.6. The lowest BCUT2D eigenvalue weighted by Crippen LogP contribution is -2.21. The Morgan fingerprint density at radius 3 is 2.00 bits per heavy atom. The van der Waals surface area contributed by atoms with Crippen LogP contribution in [0.2, 0.25) is 0 Å². The lowest BCUT2D eigenvalue weighted by atomic mass is 9.87. The lowest BCUT2D eigenvalue weighted by Gasteiger charge is -2.21. The van der Waals surface area contributed by atoms with Gasteiger partial charge in [0.2, 0.25) is 5.91 Å². The third-order valence-electron chi connectivity index (χ3n) is 5.12. The van der Waals surface area contributed by atoms with E-state index in [1.807, 2.05) is 12.1 Å². The number of primary amides is 1. The SMILES string of the molecule is CCCCCCCCCCC(CCC(N)=O)Oc1ccc(C(C)(C)C)cc1. The Kier molecular flexibility index (Phi) is 11.2. The Balaban J connectivity index is 2.43. The highest BCUT2D eigenvalue weighted by Gasteiger charge is 2.15. The molecule has 27 heavy (non-hydrogen) atoms. The van der Waals surface area contributed by atoms with E-state index >= 15 is 0 Å². The maximum Gasteiger partial charge on any atom is 0.217 e. The molecule has 3 nitrogen and oxygen atoms in total. The van der Waals surface area contributed by atoms with E-state index in [4.69, 9.17) is 10.5 Å². The Morgan fingerprint density at radius 1 is 0.926 bits per heavy atom. The van der Waals surface area contributed by atoms with E-state index in [1.165, 1.54) is 50.5 Å². The summed E-state index contributed by atoms with van der Waals surface area (Å²) in [5.74, 6) is 0.639. The fourth-order valence-corrected chi connectivity index (χ4v) is 3.30. The van der Waals surface area contributed by atoms with Crippen molar-refractivity contribution in [2.24, 2.45) is 5.73 Å². The molecule has 0 saturated carbocycles. The Bertz CT molecular complexity index is 516. The monoisotopic (exact) mass is 375 g/mol. The number of unbranched alkanes of at least 4 members (excludes halogenated alkanes) is 7. The minimum Gasteiger partial charge on any atom is -0.490 e. The first-order valence-electron chi connectivity index (χ1n) is 10.9. The van der Waals surface area contributed by atoms with Crippen molar-refractivity contribution in [1.29, 1.82) is 0 Å². The number of carbonyl (C=O) groups is 1. The summed E-state index contributed by atoms with van der Waals surface area (Å²) in [4.78, 5) is 11.2. The lowest BCUT2D eigenvalue weighted by molar-refractivity contribution is -0.118. The van der Waals surface area contributed by atoms with E-state index < -0.39 is 0 Å². The van der Waals surface area contributed by atoms with E-state index in [0.29, 0.717) is 12.8 Å². The zero-order valence-electron chi connectivity index (χ0n) is 18.1. The summed E-state index contributed by atoms with van der Waals surface area (Å²) in [6.45, 7) is 8.88. The second kappa shape index (κ2) is 12.8. The maximum atomic E-state index is 11.2. The Morgan fingerprint density at radius 2 is 1.48 bits per heavy atom. The molecule has 2 N–H and O–H groups in total. The van der Waals surface area contributed by atoms with Crippen molar-refractivity contribution in [3.05, 3.63) is 29.8 Å². The van der Waals surface area contributed by atoms with Gasteiger partial charge in [0.1, 0.15) is 5.75 Å². The minimum atomic E-state index is -0.248. The van der Waals surface area contributed by atoms with Crippen molar-refractivity contribution >= 4 is 5.91 Å². The fraction of sp³-hybridized carbons (Fsp3) is 0.708. The van der Waals surface area contributed by atoms with Gasteiger partial charge in [0, 0.05) is 6.42 Å². The smallest absolute Gasteiger partial charge is 0.217 e. The van der Waals surface area contributed by atoms with Crippen molar-refractivity contribution in [2.45, 2.75) is 110 Å². The second-order valence-electron chi connectivity index (χ2n) is 8.78. The normalized spacial score (nSPS) is 12.7. The maximum absolute atomic E-state index is 11.2. The minimum absolute atomic E-state index is 0.0677. The van der Waals surface area contributed by atoms with Gasteiger partial charge in [-0.2, -0.15) is 0 Å². The summed E-state index contributed by atoms with van der Waals surface area (Å²) in [5.41, 5.74) is 6.78. The first-order chi connectivity index (χ1) is 12.8. The number of hydrogen-bond donors (Lipinski definition) is 1. The van der Waals surface area contributed by atoms with Crippen LogP contribution >= 0.6 is 0 Å². The molecule has 0 bridgehead atoms. The van der Waals surface area contributed by atoms with Gasteiger partial charge in [0.25, 0.3) is 0 Å². The molecule has 1 amide bonds. The molecular formula is C24H41NO2. The first-order valence-corrected chi connectivity index (χ1v) is 10.9. The number of benzene rings is 1. The van der Waals surface area contributed by atoms with Gasteiger partial charge in [0.15, 0.2) is 0 Å². The molecule has 1 aromatic rings. The predicted octanol–water partition coefficient (Wildman–Crippen LogP) is 6.53. The number of amides is 1. The molecule has 0 aliphatic rings. The largest absolute Gasteiger partial charge is 0.490 e. The van der Waals surface area contributed by atoms with E-state index in [1.54, 1.807) is 0 Å². The highest BCUT2D eigenvalue weighted by atomic mass is 16.5. The van der Waals surface area contributed by atoms with Crippen LogP contribution in [-0.4, -0.2) is 12.0 Å². The summed E-state index contributed by atoms with van der Waals surface area (Å²) in [7, 11) is 0. The molecule has 0 fully saturated rings. The van der Waals surface area contributed by atoms with Crippen molar-refractivity contribution in [3.8, 4) is 5.75 Å². The Hall–Kier alpha value is -1.51. The molecule has 0 spiro atoms. The third-order valence-corrected chi connectivity index (χ3v) is 5.12. The molecule has 0 saturated heterocycles. The van der Waals surface area contributed by atoms with E-state index in [9.17, 15) is 4.79 Å². The molecule has 1 rings (SSSR count). The quantitative estimate of drug-likeness (QED) is 0.376. The molecule has 0 aromatic heterocycles. The van der Waals surface area contributed by atoms with Gasteiger partial charge >= 0.3 is 0 Å². The summed E-state index contributed by atoms with van der Waals surface area (Å²) in [6, 6.07) is 8.37. The van der Waals surface area contributed by atoms with Gasteiger partial charge in [-0.05, 0) is 42.4 Å². The summed E-state index contributed by atoms with van der Waals surface area (Å²) < 4.78 is 6.18. The van der Waals surface area contributed by atoms with Gasteiger partial charge in [0.05, 0.1) is 6.10 Å². The number of nitrogens with two attached hydrogens (primary N) is 1. The van der Waals surface area contributed by atoms with Crippen molar-refractivity contribution in [2.75, 3.05) is 0 Å². The molecule has 0 heterocycles. The zero-order chi connectivity index (χ0) is 20.1. The predicted molar refractivity (Wildman–Crippen MR) is 115 cm³/mol. The van der Waals surface area contributed by atoms with E-state index in [-0.39, 0.29) is 17.4 Å².